The molecule has 3 N–H and O–H groups in total. The summed E-state index contributed by atoms with van der Waals surface area (Å²) in [6, 6.07) is 7.96. The molecular formula is C19H27IN6O. The summed E-state index contributed by atoms with van der Waals surface area (Å²) in [5.74, 6) is 0.937. The molecule has 1 aliphatic rings. The van der Waals surface area contributed by atoms with E-state index in [4.69, 9.17) is 4.99 Å². The number of anilines is 1. The summed E-state index contributed by atoms with van der Waals surface area (Å²) in [5, 5.41) is 13.7. The summed E-state index contributed by atoms with van der Waals surface area (Å²) < 4.78 is 1.81. The quantitative estimate of drug-likeness (QED) is 0.335. The molecule has 2 aromatic rings. The Bertz CT molecular complexity index is 788. The number of amides is 1. The van der Waals surface area contributed by atoms with Crippen LogP contribution < -0.4 is 16.0 Å². The van der Waals surface area contributed by atoms with Crippen molar-refractivity contribution in [1.82, 2.24) is 20.4 Å². The number of carbonyl (C=O) groups is 1. The van der Waals surface area contributed by atoms with Gasteiger partial charge < -0.3 is 16.0 Å². The van der Waals surface area contributed by atoms with Crippen LogP contribution in [-0.4, -0.2) is 41.3 Å². The number of aryl methyl sites for hydroxylation is 1. The number of benzene rings is 1. The molecular weight excluding hydrogens is 455 g/mol. The van der Waals surface area contributed by atoms with Gasteiger partial charge in [0.1, 0.15) is 0 Å². The van der Waals surface area contributed by atoms with E-state index in [0.717, 1.165) is 36.7 Å². The molecule has 1 aromatic heterocycles. The Labute approximate surface area is 177 Å². The second kappa shape index (κ2) is 10.3. The molecule has 27 heavy (non-hydrogen) atoms. The van der Waals surface area contributed by atoms with E-state index in [0.29, 0.717) is 13.0 Å². The van der Waals surface area contributed by atoms with Crippen molar-refractivity contribution in [1.29, 1.82) is 0 Å². The van der Waals surface area contributed by atoms with Crippen LogP contribution in [0.3, 0.4) is 0 Å². The number of guanidine groups is 1. The lowest BCUT2D eigenvalue weighted by Gasteiger charge is -2.24. The lowest BCUT2D eigenvalue weighted by Crippen LogP contribution is -2.38. The van der Waals surface area contributed by atoms with Crippen LogP contribution in [0.25, 0.3) is 0 Å². The highest BCUT2D eigenvalue weighted by atomic mass is 127. The third-order valence-electron chi connectivity index (χ3n) is 4.38. The average molecular weight is 482 g/mol. The number of rotatable bonds is 6. The van der Waals surface area contributed by atoms with Gasteiger partial charge >= 0.3 is 0 Å². The summed E-state index contributed by atoms with van der Waals surface area (Å²) >= 11 is 0. The first kappa shape index (κ1) is 21.2. The number of halogens is 1. The van der Waals surface area contributed by atoms with Crippen LogP contribution in [0.15, 0.2) is 41.7 Å². The molecule has 8 heteroatoms. The highest BCUT2D eigenvalue weighted by Crippen LogP contribution is 2.31. The lowest BCUT2D eigenvalue weighted by molar-refractivity contribution is -0.116. The fraction of sp³-hybridized carbons (Fsp3) is 0.421. The molecule has 1 aliphatic heterocycles. The number of carbonyl (C=O) groups excluding carboxylic acids is 1. The minimum absolute atomic E-state index is 0. The lowest BCUT2D eigenvalue weighted by atomic mass is 9.91. The second-order valence-corrected chi connectivity index (χ2v) is 6.46. The van der Waals surface area contributed by atoms with Crippen molar-refractivity contribution in [2.24, 2.45) is 12.0 Å². The Kier molecular flexibility index (Phi) is 8.08. The van der Waals surface area contributed by atoms with Gasteiger partial charge in [0.15, 0.2) is 5.96 Å². The highest BCUT2D eigenvalue weighted by molar-refractivity contribution is 14.0. The smallest absolute Gasteiger partial charge is 0.225 e. The fourth-order valence-electron chi connectivity index (χ4n) is 3.13. The Balaban J connectivity index is 0.00000261. The Morgan fingerprint density at radius 2 is 2.19 bits per heavy atom. The maximum absolute atomic E-state index is 11.9. The van der Waals surface area contributed by atoms with E-state index < -0.39 is 0 Å². The van der Waals surface area contributed by atoms with Crippen molar-refractivity contribution in [3.8, 4) is 0 Å². The van der Waals surface area contributed by atoms with Crippen LogP contribution in [0.4, 0.5) is 5.69 Å². The number of nitrogens with one attached hydrogen (secondary N) is 3. The SMILES string of the molecule is CCNC(=NCC1CC(=O)Nc2ccccc21)NCCc1cnn(C)c1.I. The van der Waals surface area contributed by atoms with Crippen LogP contribution in [-0.2, 0) is 18.3 Å². The number of hydrogen-bond acceptors (Lipinski definition) is 3. The van der Waals surface area contributed by atoms with Gasteiger partial charge in [-0.05, 0) is 30.5 Å². The van der Waals surface area contributed by atoms with E-state index in [-0.39, 0.29) is 35.8 Å². The molecule has 2 heterocycles. The summed E-state index contributed by atoms with van der Waals surface area (Å²) in [4.78, 5) is 16.6. The summed E-state index contributed by atoms with van der Waals surface area (Å²) in [5.41, 5.74) is 3.24. The van der Waals surface area contributed by atoms with E-state index in [2.05, 4.69) is 27.1 Å². The van der Waals surface area contributed by atoms with E-state index in [1.807, 2.05) is 44.6 Å². The minimum Gasteiger partial charge on any atom is -0.357 e. The number of hydrogen-bond donors (Lipinski definition) is 3. The van der Waals surface area contributed by atoms with Gasteiger partial charge in [-0.3, -0.25) is 14.5 Å². The first-order chi connectivity index (χ1) is 12.7. The second-order valence-electron chi connectivity index (χ2n) is 6.46. The standard InChI is InChI=1S/C19H26N6O.HI/c1-3-20-19(21-9-8-14-11-23-25(2)13-14)22-12-15-10-18(26)24-17-7-5-4-6-16(15)17;/h4-7,11,13,15H,3,8-10,12H2,1-2H3,(H,24,26)(H2,20,21,22);1H. The predicted molar refractivity (Wildman–Crippen MR) is 119 cm³/mol. The van der Waals surface area contributed by atoms with E-state index in [1.165, 1.54) is 5.56 Å². The zero-order valence-electron chi connectivity index (χ0n) is 15.7. The summed E-state index contributed by atoms with van der Waals surface area (Å²) in [6.45, 7) is 4.19. The maximum Gasteiger partial charge on any atom is 0.225 e. The molecule has 0 saturated carbocycles. The first-order valence-electron chi connectivity index (χ1n) is 9.04. The summed E-state index contributed by atoms with van der Waals surface area (Å²) in [7, 11) is 1.92. The van der Waals surface area contributed by atoms with Crippen molar-refractivity contribution in [2.45, 2.75) is 25.7 Å². The predicted octanol–water partition coefficient (Wildman–Crippen LogP) is 2.26. The molecule has 1 atom stereocenters. The fourth-order valence-corrected chi connectivity index (χ4v) is 3.13. The molecule has 3 rings (SSSR count). The Morgan fingerprint density at radius 1 is 1.37 bits per heavy atom. The minimum atomic E-state index is 0. The summed E-state index contributed by atoms with van der Waals surface area (Å²) in [6.07, 6.45) is 5.25. The van der Waals surface area contributed by atoms with Gasteiger partial charge in [-0.2, -0.15) is 5.10 Å². The monoisotopic (exact) mass is 482 g/mol. The average Bonchev–Trinajstić information content (AvgIpc) is 3.04. The molecule has 0 radical (unpaired) electrons. The van der Waals surface area contributed by atoms with Crippen LogP contribution in [0.5, 0.6) is 0 Å². The molecule has 0 saturated heterocycles. The van der Waals surface area contributed by atoms with E-state index in [9.17, 15) is 4.79 Å². The first-order valence-corrected chi connectivity index (χ1v) is 9.04. The highest BCUT2D eigenvalue weighted by Gasteiger charge is 2.24. The van der Waals surface area contributed by atoms with Crippen molar-refractivity contribution in [3.63, 3.8) is 0 Å². The van der Waals surface area contributed by atoms with Gasteiger partial charge in [-0.25, -0.2) is 0 Å². The topological polar surface area (TPSA) is 83.3 Å². The van der Waals surface area contributed by atoms with Gasteiger partial charge in [-0.15, -0.1) is 24.0 Å². The van der Waals surface area contributed by atoms with Crippen LogP contribution in [0.2, 0.25) is 0 Å². The Hall–Kier alpha value is -2.10. The number of nitrogens with zero attached hydrogens (tertiary/aromatic N) is 3. The van der Waals surface area contributed by atoms with Crippen LogP contribution in [0, 0.1) is 0 Å². The van der Waals surface area contributed by atoms with Crippen molar-refractivity contribution < 1.29 is 4.79 Å². The third-order valence-corrected chi connectivity index (χ3v) is 4.38. The van der Waals surface area contributed by atoms with Crippen molar-refractivity contribution in [2.75, 3.05) is 25.0 Å². The molecule has 1 unspecified atom stereocenters. The van der Waals surface area contributed by atoms with E-state index in [1.54, 1.807) is 4.68 Å². The van der Waals surface area contributed by atoms with Gasteiger partial charge in [0.2, 0.25) is 5.91 Å². The molecule has 0 spiro atoms. The maximum atomic E-state index is 11.9. The Morgan fingerprint density at radius 3 is 2.93 bits per heavy atom. The molecule has 0 aliphatic carbocycles. The van der Waals surface area contributed by atoms with Crippen LogP contribution >= 0.6 is 24.0 Å². The molecule has 1 amide bonds. The third kappa shape index (κ3) is 5.95. The van der Waals surface area contributed by atoms with Gasteiger partial charge in [-0.1, -0.05) is 18.2 Å². The molecule has 0 bridgehead atoms. The number of aliphatic imine (C=N–C) groups is 1. The zero-order valence-corrected chi connectivity index (χ0v) is 18.1. The number of fused-ring (bicyclic) bond motifs is 1. The van der Waals surface area contributed by atoms with Crippen LogP contribution in [0.1, 0.15) is 30.4 Å². The molecule has 7 nitrogen and oxygen atoms in total. The van der Waals surface area contributed by atoms with Gasteiger partial charge in [0.25, 0.3) is 0 Å². The number of para-hydroxylation sites is 1. The largest absolute Gasteiger partial charge is 0.357 e. The molecule has 0 fully saturated rings. The van der Waals surface area contributed by atoms with Crippen molar-refractivity contribution >= 4 is 41.5 Å². The van der Waals surface area contributed by atoms with Gasteiger partial charge in [0.05, 0.1) is 12.7 Å². The normalized spacial score (nSPS) is 16.1. The zero-order chi connectivity index (χ0) is 18.4. The number of aromatic nitrogens is 2. The van der Waals surface area contributed by atoms with Crippen molar-refractivity contribution in [3.05, 3.63) is 47.8 Å². The van der Waals surface area contributed by atoms with E-state index >= 15 is 0 Å². The van der Waals surface area contributed by atoms with Gasteiger partial charge in [0, 0.05) is 44.4 Å². The molecule has 1 aromatic carbocycles. The molecule has 146 valence electrons.